The molecule has 0 aromatic carbocycles. The second kappa shape index (κ2) is 5.21. The molecule has 84 valence electrons. The summed E-state index contributed by atoms with van der Waals surface area (Å²) in [6, 6.07) is 1.98. The Kier molecular flexibility index (Phi) is 4.21. The van der Waals surface area contributed by atoms with E-state index >= 15 is 0 Å². The molecule has 0 fully saturated rings. The third-order valence-electron chi connectivity index (χ3n) is 2.52. The van der Waals surface area contributed by atoms with Crippen LogP contribution in [-0.2, 0) is 6.42 Å². The maximum Gasteiger partial charge on any atom is 0.115 e. The summed E-state index contributed by atoms with van der Waals surface area (Å²) in [4.78, 5) is 8.37. The third kappa shape index (κ3) is 3.59. The molecule has 0 saturated heterocycles. The van der Waals surface area contributed by atoms with E-state index < -0.39 is 0 Å². The van der Waals surface area contributed by atoms with Crippen molar-refractivity contribution in [1.29, 1.82) is 0 Å². The van der Waals surface area contributed by atoms with Gasteiger partial charge in [-0.1, -0.05) is 27.7 Å². The molecule has 0 spiro atoms. The van der Waals surface area contributed by atoms with Crippen molar-refractivity contribution in [2.24, 2.45) is 5.92 Å². The highest BCUT2D eigenvalue weighted by Gasteiger charge is 2.11. The largest absolute Gasteiger partial charge is 0.392 e. The van der Waals surface area contributed by atoms with Crippen molar-refractivity contribution >= 4 is 0 Å². The molecule has 0 saturated carbocycles. The van der Waals surface area contributed by atoms with Crippen LogP contribution in [0.4, 0.5) is 0 Å². The minimum Gasteiger partial charge on any atom is -0.392 e. The summed E-state index contributed by atoms with van der Waals surface area (Å²) >= 11 is 0. The van der Waals surface area contributed by atoms with Crippen molar-refractivity contribution in [3.8, 4) is 0 Å². The van der Waals surface area contributed by atoms with Gasteiger partial charge in [0.25, 0.3) is 0 Å². The van der Waals surface area contributed by atoms with Gasteiger partial charge in [-0.05, 0) is 17.9 Å². The number of rotatable bonds is 4. The van der Waals surface area contributed by atoms with Gasteiger partial charge in [0.05, 0.1) is 6.10 Å². The standard InChI is InChI=1S/C12H20N2O/c1-8(2)11-5-10(13-7-14-11)6-12(15)9(3)4/h5,7-9,12,15H,6H2,1-4H3. The number of aliphatic hydroxyl groups excluding tert-OH is 1. The third-order valence-corrected chi connectivity index (χ3v) is 2.52. The Balaban J connectivity index is 2.73. The van der Waals surface area contributed by atoms with Gasteiger partial charge in [-0.15, -0.1) is 0 Å². The first-order valence-corrected chi connectivity index (χ1v) is 5.49. The van der Waals surface area contributed by atoms with Gasteiger partial charge in [-0.3, -0.25) is 0 Å². The summed E-state index contributed by atoms with van der Waals surface area (Å²) in [7, 11) is 0. The average Bonchev–Trinajstić information content (AvgIpc) is 2.18. The Bertz CT molecular complexity index is 310. The van der Waals surface area contributed by atoms with Crippen LogP contribution in [0, 0.1) is 5.92 Å². The molecule has 1 N–H and O–H groups in total. The summed E-state index contributed by atoms with van der Waals surface area (Å²) in [5.41, 5.74) is 1.96. The zero-order valence-electron chi connectivity index (χ0n) is 9.94. The Morgan fingerprint density at radius 3 is 2.40 bits per heavy atom. The monoisotopic (exact) mass is 208 g/mol. The molecule has 1 atom stereocenters. The molecule has 1 unspecified atom stereocenters. The van der Waals surface area contributed by atoms with E-state index in [0.717, 1.165) is 11.4 Å². The van der Waals surface area contributed by atoms with Crippen LogP contribution in [0.5, 0.6) is 0 Å². The van der Waals surface area contributed by atoms with Crippen LogP contribution in [0.3, 0.4) is 0 Å². The van der Waals surface area contributed by atoms with Gasteiger partial charge < -0.3 is 5.11 Å². The van der Waals surface area contributed by atoms with E-state index in [9.17, 15) is 5.11 Å². The Hall–Kier alpha value is -0.960. The first kappa shape index (κ1) is 12.1. The van der Waals surface area contributed by atoms with E-state index in [1.165, 1.54) is 0 Å². The van der Waals surface area contributed by atoms with E-state index in [1.54, 1.807) is 6.33 Å². The summed E-state index contributed by atoms with van der Waals surface area (Å²) in [5, 5.41) is 9.75. The Morgan fingerprint density at radius 1 is 1.20 bits per heavy atom. The van der Waals surface area contributed by atoms with Crippen molar-refractivity contribution < 1.29 is 5.11 Å². The lowest BCUT2D eigenvalue weighted by Gasteiger charge is -2.14. The number of hydrogen-bond acceptors (Lipinski definition) is 3. The lowest BCUT2D eigenvalue weighted by molar-refractivity contribution is 0.124. The number of nitrogens with zero attached hydrogens (tertiary/aromatic N) is 2. The summed E-state index contributed by atoms with van der Waals surface area (Å²) in [5.74, 6) is 0.672. The van der Waals surface area contributed by atoms with Gasteiger partial charge in [0.2, 0.25) is 0 Å². The van der Waals surface area contributed by atoms with E-state index in [-0.39, 0.29) is 12.0 Å². The molecule has 0 bridgehead atoms. The molecular formula is C12H20N2O. The van der Waals surface area contributed by atoms with Crippen molar-refractivity contribution in [2.75, 3.05) is 0 Å². The second-order valence-electron chi connectivity index (χ2n) is 4.60. The van der Waals surface area contributed by atoms with Crippen molar-refractivity contribution in [1.82, 2.24) is 9.97 Å². The highest BCUT2D eigenvalue weighted by molar-refractivity contribution is 5.12. The number of aliphatic hydroxyl groups is 1. The van der Waals surface area contributed by atoms with E-state index in [2.05, 4.69) is 23.8 Å². The fraction of sp³-hybridized carbons (Fsp3) is 0.667. The zero-order chi connectivity index (χ0) is 11.4. The van der Waals surface area contributed by atoms with Gasteiger partial charge in [0, 0.05) is 17.8 Å². The minimum absolute atomic E-state index is 0.266. The molecule has 3 heteroatoms. The summed E-state index contributed by atoms with van der Waals surface area (Å²) in [6.45, 7) is 8.22. The fourth-order valence-corrected chi connectivity index (χ4v) is 1.29. The first-order valence-electron chi connectivity index (χ1n) is 5.49. The molecule has 0 aliphatic heterocycles. The molecule has 0 aliphatic rings. The van der Waals surface area contributed by atoms with Crippen LogP contribution < -0.4 is 0 Å². The minimum atomic E-state index is -0.320. The lowest BCUT2D eigenvalue weighted by Crippen LogP contribution is -2.18. The topological polar surface area (TPSA) is 46.0 Å². The van der Waals surface area contributed by atoms with Crippen LogP contribution in [0.25, 0.3) is 0 Å². The predicted molar refractivity (Wildman–Crippen MR) is 60.7 cm³/mol. The molecule has 0 amide bonds. The van der Waals surface area contributed by atoms with Crippen LogP contribution >= 0.6 is 0 Å². The van der Waals surface area contributed by atoms with E-state index in [4.69, 9.17) is 0 Å². The van der Waals surface area contributed by atoms with Gasteiger partial charge >= 0.3 is 0 Å². The smallest absolute Gasteiger partial charge is 0.115 e. The maximum atomic E-state index is 9.75. The maximum absolute atomic E-state index is 9.75. The SMILES string of the molecule is CC(C)c1cc(CC(O)C(C)C)ncn1. The highest BCUT2D eigenvalue weighted by atomic mass is 16.3. The lowest BCUT2D eigenvalue weighted by atomic mass is 10.0. The van der Waals surface area contributed by atoms with Crippen LogP contribution in [-0.4, -0.2) is 21.2 Å². The van der Waals surface area contributed by atoms with Crippen molar-refractivity contribution in [2.45, 2.75) is 46.1 Å². The highest BCUT2D eigenvalue weighted by Crippen LogP contribution is 2.13. The molecule has 1 aromatic rings. The average molecular weight is 208 g/mol. The van der Waals surface area contributed by atoms with Gasteiger partial charge in [0.15, 0.2) is 0 Å². The molecular weight excluding hydrogens is 188 g/mol. The quantitative estimate of drug-likeness (QED) is 0.824. The number of aromatic nitrogens is 2. The predicted octanol–water partition coefficient (Wildman–Crippen LogP) is 2.16. The van der Waals surface area contributed by atoms with Crippen molar-refractivity contribution in [3.05, 3.63) is 23.8 Å². The van der Waals surface area contributed by atoms with Crippen LogP contribution in [0.2, 0.25) is 0 Å². The molecule has 15 heavy (non-hydrogen) atoms. The molecule has 0 radical (unpaired) electrons. The van der Waals surface area contributed by atoms with Crippen molar-refractivity contribution in [3.63, 3.8) is 0 Å². The molecule has 1 rings (SSSR count). The summed E-state index contributed by atoms with van der Waals surface area (Å²) in [6.07, 6.45) is 1.87. The van der Waals surface area contributed by atoms with Crippen LogP contribution in [0.1, 0.15) is 45.0 Å². The molecule has 1 aromatic heterocycles. The fourth-order valence-electron chi connectivity index (χ4n) is 1.29. The Labute approximate surface area is 91.6 Å². The van der Waals surface area contributed by atoms with Gasteiger partial charge in [-0.25, -0.2) is 9.97 Å². The van der Waals surface area contributed by atoms with E-state index in [0.29, 0.717) is 12.3 Å². The Morgan fingerprint density at radius 2 is 1.87 bits per heavy atom. The van der Waals surface area contributed by atoms with Gasteiger partial charge in [0.1, 0.15) is 6.33 Å². The second-order valence-corrected chi connectivity index (χ2v) is 4.60. The van der Waals surface area contributed by atoms with Crippen LogP contribution in [0.15, 0.2) is 12.4 Å². The summed E-state index contributed by atoms with van der Waals surface area (Å²) < 4.78 is 0. The molecule has 3 nitrogen and oxygen atoms in total. The first-order chi connectivity index (χ1) is 7.00. The van der Waals surface area contributed by atoms with E-state index in [1.807, 2.05) is 19.9 Å². The number of hydrogen-bond donors (Lipinski definition) is 1. The molecule has 0 aliphatic carbocycles. The van der Waals surface area contributed by atoms with Gasteiger partial charge in [-0.2, -0.15) is 0 Å². The zero-order valence-corrected chi connectivity index (χ0v) is 9.94. The normalized spacial score (nSPS) is 13.5. The molecule has 1 heterocycles.